The van der Waals surface area contributed by atoms with Gasteiger partial charge in [-0.25, -0.2) is 0 Å². The number of aliphatic hydroxyl groups is 3. The summed E-state index contributed by atoms with van der Waals surface area (Å²) in [6, 6.07) is 10.0. The quantitative estimate of drug-likeness (QED) is 0.387. The Morgan fingerprint density at radius 3 is 2.32 bits per heavy atom. The molecule has 0 bridgehead atoms. The number of hydrogen-bond donors (Lipinski definition) is 3. The average Bonchev–Trinajstić information content (AvgIpc) is 2.74. The average molecular weight is 440 g/mol. The van der Waals surface area contributed by atoms with Crippen LogP contribution in [0.3, 0.4) is 0 Å². The predicted molar refractivity (Wildman–Crippen MR) is 108 cm³/mol. The van der Waals surface area contributed by atoms with Gasteiger partial charge in [-0.3, -0.25) is 4.79 Å². The summed E-state index contributed by atoms with van der Waals surface area (Å²) < 4.78 is 45.8. The van der Waals surface area contributed by atoms with E-state index in [9.17, 15) is 28.2 Å². The first kappa shape index (κ1) is 24.4. The number of halogens is 3. The van der Waals surface area contributed by atoms with Gasteiger partial charge in [0, 0.05) is 17.5 Å². The fourth-order valence-electron chi connectivity index (χ4n) is 2.74. The highest BCUT2D eigenvalue weighted by atomic mass is 19.4. The van der Waals surface area contributed by atoms with Crippen molar-refractivity contribution in [2.75, 3.05) is 13.7 Å². The third-order valence-electron chi connectivity index (χ3n) is 4.42. The van der Waals surface area contributed by atoms with Crippen LogP contribution in [0, 0.1) is 0 Å². The number of rotatable bonds is 10. The number of alkyl halides is 3. The lowest BCUT2D eigenvalue weighted by atomic mass is 10.00. The molecule has 31 heavy (non-hydrogen) atoms. The number of ketones is 1. The molecule has 0 amide bonds. The van der Waals surface area contributed by atoms with Gasteiger partial charge in [0.25, 0.3) is 0 Å². The first-order valence-electron chi connectivity index (χ1n) is 9.35. The molecule has 0 saturated heterocycles. The Balaban J connectivity index is 2.12. The molecule has 0 aliphatic heterocycles. The van der Waals surface area contributed by atoms with E-state index in [-0.39, 0.29) is 24.4 Å². The molecule has 6 nitrogen and oxygen atoms in total. The van der Waals surface area contributed by atoms with Crippen LogP contribution in [0.15, 0.2) is 42.5 Å². The van der Waals surface area contributed by atoms with Gasteiger partial charge < -0.3 is 24.8 Å². The van der Waals surface area contributed by atoms with Gasteiger partial charge >= 0.3 is 6.36 Å². The summed E-state index contributed by atoms with van der Waals surface area (Å²) in [4.78, 5) is 12.4. The van der Waals surface area contributed by atoms with Crippen LogP contribution in [-0.2, 0) is 0 Å². The highest BCUT2D eigenvalue weighted by molar-refractivity contribution is 5.97. The van der Waals surface area contributed by atoms with Crippen LogP contribution in [-0.4, -0.2) is 53.4 Å². The molecular weight excluding hydrogens is 417 g/mol. The number of ether oxygens (including phenoxy) is 2. The van der Waals surface area contributed by atoms with Crippen molar-refractivity contribution in [3.8, 4) is 11.5 Å². The van der Waals surface area contributed by atoms with Crippen LogP contribution >= 0.6 is 0 Å². The van der Waals surface area contributed by atoms with E-state index in [4.69, 9.17) is 9.84 Å². The van der Waals surface area contributed by atoms with Crippen molar-refractivity contribution in [1.29, 1.82) is 0 Å². The standard InChI is InChI=1S/C22H23F3O6/c1-30-21-11-6-15(18(27)9-10-19(28)20(29)13-26)12-16(21)5-2-14-3-7-17(8-4-14)31-22(23,24)25/h2-8,11-12,19-20,26,28-29H,9-10,13H2,1H3/b5-2+/t19-,20-/m0/s1. The number of carbonyl (C=O) groups excluding carboxylic acids is 1. The lowest BCUT2D eigenvalue weighted by Crippen LogP contribution is -2.29. The number of aliphatic hydroxyl groups excluding tert-OH is 3. The van der Waals surface area contributed by atoms with Crippen molar-refractivity contribution < 1.29 is 42.8 Å². The van der Waals surface area contributed by atoms with Gasteiger partial charge in [-0.15, -0.1) is 13.2 Å². The highest BCUT2D eigenvalue weighted by Crippen LogP contribution is 2.25. The van der Waals surface area contributed by atoms with E-state index in [1.54, 1.807) is 30.4 Å². The molecule has 2 aromatic carbocycles. The Hall–Kier alpha value is -2.88. The van der Waals surface area contributed by atoms with E-state index in [1.165, 1.54) is 31.4 Å². The van der Waals surface area contributed by atoms with Gasteiger partial charge in [-0.2, -0.15) is 0 Å². The molecule has 0 aliphatic rings. The summed E-state index contributed by atoms with van der Waals surface area (Å²) in [6.45, 7) is -0.601. The van der Waals surface area contributed by atoms with Gasteiger partial charge in [-0.1, -0.05) is 24.3 Å². The molecule has 0 fully saturated rings. The van der Waals surface area contributed by atoms with Gasteiger partial charge in [0.1, 0.15) is 17.6 Å². The fraction of sp³-hybridized carbons (Fsp3) is 0.318. The molecule has 0 aliphatic carbocycles. The predicted octanol–water partition coefficient (Wildman–Crippen LogP) is 3.44. The Morgan fingerprint density at radius 1 is 1.06 bits per heavy atom. The minimum atomic E-state index is -4.76. The highest BCUT2D eigenvalue weighted by Gasteiger charge is 2.30. The summed E-state index contributed by atoms with van der Waals surface area (Å²) in [5, 5.41) is 27.9. The molecule has 0 spiro atoms. The smallest absolute Gasteiger partial charge is 0.496 e. The molecule has 2 rings (SSSR count). The summed E-state index contributed by atoms with van der Waals surface area (Å²) in [7, 11) is 1.46. The summed E-state index contributed by atoms with van der Waals surface area (Å²) in [5.74, 6) is -0.112. The Kier molecular flexibility index (Phi) is 8.61. The van der Waals surface area contributed by atoms with Crippen LogP contribution in [0.25, 0.3) is 12.2 Å². The number of Topliss-reactive ketones (excluding diaryl/α,β-unsaturated/α-hetero) is 1. The van der Waals surface area contributed by atoms with Crippen molar-refractivity contribution in [2.45, 2.75) is 31.4 Å². The van der Waals surface area contributed by atoms with Crippen molar-refractivity contribution >= 4 is 17.9 Å². The topological polar surface area (TPSA) is 96.2 Å². The summed E-state index contributed by atoms with van der Waals surface area (Å²) in [6.07, 6.45) is -4.03. The molecule has 3 N–H and O–H groups in total. The molecule has 0 saturated carbocycles. The zero-order chi connectivity index (χ0) is 23.0. The molecule has 0 radical (unpaired) electrons. The van der Waals surface area contributed by atoms with E-state index in [0.29, 0.717) is 22.4 Å². The number of benzene rings is 2. The maximum absolute atomic E-state index is 12.4. The second-order valence-corrected chi connectivity index (χ2v) is 6.69. The summed E-state index contributed by atoms with van der Waals surface area (Å²) >= 11 is 0. The summed E-state index contributed by atoms with van der Waals surface area (Å²) in [5.41, 5.74) is 1.54. The molecule has 168 valence electrons. The van der Waals surface area contributed by atoms with E-state index in [0.717, 1.165) is 0 Å². The van der Waals surface area contributed by atoms with Crippen LogP contribution in [0.1, 0.15) is 34.3 Å². The van der Waals surface area contributed by atoms with E-state index in [1.807, 2.05) is 0 Å². The van der Waals surface area contributed by atoms with E-state index < -0.39 is 25.2 Å². The van der Waals surface area contributed by atoms with Gasteiger partial charge in [0.15, 0.2) is 5.78 Å². The second-order valence-electron chi connectivity index (χ2n) is 6.69. The van der Waals surface area contributed by atoms with Crippen molar-refractivity contribution in [3.05, 3.63) is 59.2 Å². The van der Waals surface area contributed by atoms with Crippen LogP contribution in [0.5, 0.6) is 11.5 Å². The molecule has 2 aromatic rings. The normalized spacial score (nSPS) is 13.8. The molecule has 2 atom stereocenters. The molecule has 0 unspecified atom stereocenters. The second kappa shape index (κ2) is 10.9. The first-order chi connectivity index (χ1) is 14.6. The minimum absolute atomic E-state index is 0.00981. The molecule has 0 aromatic heterocycles. The lowest BCUT2D eigenvalue weighted by molar-refractivity contribution is -0.274. The third kappa shape index (κ3) is 7.71. The SMILES string of the molecule is COc1ccc(C(=O)CC[C@H](O)[C@@H](O)CO)cc1/C=C/c1ccc(OC(F)(F)F)cc1. The maximum atomic E-state index is 12.4. The van der Waals surface area contributed by atoms with Crippen molar-refractivity contribution in [1.82, 2.24) is 0 Å². The number of hydrogen-bond acceptors (Lipinski definition) is 6. The lowest BCUT2D eigenvalue weighted by Gasteiger charge is -2.15. The first-order valence-corrected chi connectivity index (χ1v) is 9.35. The molecule has 0 heterocycles. The number of methoxy groups -OCH3 is 1. The zero-order valence-corrected chi connectivity index (χ0v) is 16.7. The third-order valence-corrected chi connectivity index (χ3v) is 4.42. The minimum Gasteiger partial charge on any atom is -0.496 e. The van der Waals surface area contributed by atoms with Crippen LogP contribution in [0.4, 0.5) is 13.2 Å². The Bertz CT molecular complexity index is 893. The van der Waals surface area contributed by atoms with Crippen LogP contribution in [0.2, 0.25) is 0 Å². The van der Waals surface area contributed by atoms with E-state index >= 15 is 0 Å². The van der Waals surface area contributed by atoms with E-state index in [2.05, 4.69) is 4.74 Å². The van der Waals surface area contributed by atoms with Gasteiger partial charge in [0.2, 0.25) is 0 Å². The zero-order valence-electron chi connectivity index (χ0n) is 16.7. The Morgan fingerprint density at radius 2 is 1.74 bits per heavy atom. The maximum Gasteiger partial charge on any atom is 0.573 e. The van der Waals surface area contributed by atoms with Crippen LogP contribution < -0.4 is 9.47 Å². The van der Waals surface area contributed by atoms with Crippen molar-refractivity contribution in [3.63, 3.8) is 0 Å². The number of carbonyl (C=O) groups is 1. The van der Waals surface area contributed by atoms with Gasteiger partial charge in [-0.05, 0) is 42.3 Å². The Labute approximate surface area is 177 Å². The van der Waals surface area contributed by atoms with Gasteiger partial charge in [0.05, 0.1) is 19.8 Å². The fourth-order valence-corrected chi connectivity index (χ4v) is 2.74. The van der Waals surface area contributed by atoms with Crippen molar-refractivity contribution in [2.24, 2.45) is 0 Å². The molecular formula is C22H23F3O6. The molecule has 9 heteroatoms. The largest absolute Gasteiger partial charge is 0.573 e. The monoisotopic (exact) mass is 440 g/mol.